The molecule has 0 aliphatic carbocycles. The molecule has 0 radical (unpaired) electrons. The van der Waals surface area contributed by atoms with Crippen LogP contribution in [0, 0.1) is 6.92 Å². The highest BCUT2D eigenvalue weighted by atomic mass is 35.5. The van der Waals surface area contributed by atoms with Gasteiger partial charge in [-0.05, 0) is 36.9 Å². The van der Waals surface area contributed by atoms with Crippen LogP contribution in [0.3, 0.4) is 0 Å². The first-order chi connectivity index (χ1) is 11.5. The standard InChI is InChI=1S/C16H14ClN5OS/c1-10-8-20-13(9-19-10)15(23)21-12-7-11(17)3-4-14(12)24-16-18-5-6-22(16)2/h3-9H,1-2H3,(H,21,23). The van der Waals surface area contributed by atoms with E-state index in [0.29, 0.717) is 10.7 Å². The average Bonchev–Trinajstić information content (AvgIpc) is 2.95. The van der Waals surface area contributed by atoms with Gasteiger partial charge in [-0.3, -0.25) is 9.78 Å². The Bertz CT molecular complexity index is 878. The molecular formula is C16H14ClN5OS. The second-order valence-electron chi connectivity index (χ2n) is 5.06. The van der Waals surface area contributed by atoms with Gasteiger partial charge in [-0.1, -0.05) is 11.6 Å². The van der Waals surface area contributed by atoms with Crippen LogP contribution in [0.2, 0.25) is 5.02 Å². The molecule has 122 valence electrons. The van der Waals surface area contributed by atoms with Crippen molar-refractivity contribution in [3.63, 3.8) is 0 Å². The van der Waals surface area contributed by atoms with E-state index >= 15 is 0 Å². The second-order valence-corrected chi connectivity index (χ2v) is 6.51. The van der Waals surface area contributed by atoms with E-state index in [4.69, 9.17) is 11.6 Å². The Hall–Kier alpha value is -2.38. The van der Waals surface area contributed by atoms with Crippen molar-refractivity contribution in [2.45, 2.75) is 17.0 Å². The van der Waals surface area contributed by atoms with Gasteiger partial charge in [-0.2, -0.15) is 0 Å². The lowest BCUT2D eigenvalue weighted by atomic mass is 10.3. The summed E-state index contributed by atoms with van der Waals surface area (Å²) in [6.07, 6.45) is 6.58. The minimum atomic E-state index is -0.341. The summed E-state index contributed by atoms with van der Waals surface area (Å²) in [7, 11) is 1.91. The van der Waals surface area contributed by atoms with Gasteiger partial charge in [0.05, 0.1) is 17.6 Å². The number of rotatable bonds is 4. The maximum absolute atomic E-state index is 12.4. The molecule has 0 saturated heterocycles. The summed E-state index contributed by atoms with van der Waals surface area (Å²) in [5.41, 5.74) is 1.59. The number of hydrogen-bond donors (Lipinski definition) is 1. The summed E-state index contributed by atoms with van der Waals surface area (Å²) < 4.78 is 1.90. The third-order valence-corrected chi connectivity index (χ3v) is 4.57. The zero-order chi connectivity index (χ0) is 17.1. The number of imidazole rings is 1. The molecule has 0 bridgehead atoms. The highest BCUT2D eigenvalue weighted by Crippen LogP contribution is 2.34. The molecule has 3 rings (SSSR count). The maximum Gasteiger partial charge on any atom is 0.275 e. The van der Waals surface area contributed by atoms with Gasteiger partial charge in [0.15, 0.2) is 5.16 Å². The van der Waals surface area contributed by atoms with E-state index in [1.807, 2.05) is 30.8 Å². The molecule has 0 aliphatic rings. The van der Waals surface area contributed by atoms with Crippen LogP contribution in [0.1, 0.15) is 16.2 Å². The predicted octanol–water partition coefficient (Wildman–Crippen LogP) is 3.58. The van der Waals surface area contributed by atoms with E-state index in [1.54, 1.807) is 24.5 Å². The number of carbonyl (C=O) groups excluding carboxylic acids is 1. The SMILES string of the molecule is Cc1cnc(C(=O)Nc2cc(Cl)ccc2Sc2nccn2C)cn1. The van der Waals surface area contributed by atoms with Crippen molar-refractivity contribution < 1.29 is 4.79 Å². The van der Waals surface area contributed by atoms with Crippen molar-refractivity contribution >= 4 is 35.0 Å². The molecule has 0 fully saturated rings. The predicted molar refractivity (Wildman–Crippen MR) is 93.5 cm³/mol. The van der Waals surface area contributed by atoms with Crippen molar-refractivity contribution in [3.05, 3.63) is 59.4 Å². The van der Waals surface area contributed by atoms with Gasteiger partial charge in [0.2, 0.25) is 0 Å². The van der Waals surface area contributed by atoms with Crippen LogP contribution >= 0.6 is 23.4 Å². The molecule has 8 heteroatoms. The zero-order valence-electron chi connectivity index (χ0n) is 13.0. The molecule has 6 nitrogen and oxygen atoms in total. The molecule has 0 unspecified atom stereocenters. The first kappa shape index (κ1) is 16.5. The molecule has 0 aliphatic heterocycles. The summed E-state index contributed by atoms with van der Waals surface area (Å²) in [5, 5.41) is 4.18. The summed E-state index contributed by atoms with van der Waals surface area (Å²) in [5.74, 6) is -0.341. The van der Waals surface area contributed by atoms with Gasteiger partial charge in [0, 0.05) is 35.6 Å². The van der Waals surface area contributed by atoms with Crippen molar-refractivity contribution in [2.24, 2.45) is 7.05 Å². The Morgan fingerprint density at radius 1 is 1.25 bits per heavy atom. The summed E-state index contributed by atoms with van der Waals surface area (Å²) in [4.78, 5) is 25.7. The van der Waals surface area contributed by atoms with Gasteiger partial charge < -0.3 is 9.88 Å². The monoisotopic (exact) mass is 359 g/mol. The summed E-state index contributed by atoms with van der Waals surface area (Å²) >= 11 is 7.51. The third kappa shape index (κ3) is 3.74. The number of anilines is 1. The van der Waals surface area contributed by atoms with E-state index in [-0.39, 0.29) is 11.6 Å². The number of hydrogen-bond acceptors (Lipinski definition) is 5. The Morgan fingerprint density at radius 2 is 2.08 bits per heavy atom. The fourth-order valence-electron chi connectivity index (χ4n) is 1.93. The van der Waals surface area contributed by atoms with E-state index in [2.05, 4.69) is 20.3 Å². The molecular weight excluding hydrogens is 346 g/mol. The fraction of sp³-hybridized carbons (Fsp3) is 0.125. The Labute approximate surface area is 148 Å². The molecule has 1 aromatic carbocycles. The topological polar surface area (TPSA) is 72.7 Å². The largest absolute Gasteiger partial charge is 0.329 e. The van der Waals surface area contributed by atoms with Crippen LogP contribution in [0.25, 0.3) is 0 Å². The molecule has 1 N–H and O–H groups in total. The number of halogens is 1. The Morgan fingerprint density at radius 3 is 2.75 bits per heavy atom. The Kier molecular flexibility index (Phi) is 4.82. The van der Waals surface area contributed by atoms with Crippen LogP contribution in [0.15, 0.2) is 53.0 Å². The lowest BCUT2D eigenvalue weighted by Crippen LogP contribution is -2.14. The van der Waals surface area contributed by atoms with Crippen LogP contribution in [0.5, 0.6) is 0 Å². The van der Waals surface area contributed by atoms with Crippen molar-refractivity contribution in [3.8, 4) is 0 Å². The number of aryl methyl sites for hydroxylation is 2. The van der Waals surface area contributed by atoms with Gasteiger partial charge in [0.1, 0.15) is 5.69 Å². The van der Waals surface area contributed by atoms with Crippen molar-refractivity contribution in [1.82, 2.24) is 19.5 Å². The zero-order valence-corrected chi connectivity index (χ0v) is 14.6. The van der Waals surface area contributed by atoms with E-state index in [0.717, 1.165) is 15.7 Å². The number of nitrogens with one attached hydrogen (secondary N) is 1. The molecule has 2 aromatic heterocycles. The number of benzene rings is 1. The lowest BCUT2D eigenvalue weighted by Gasteiger charge is -2.11. The summed E-state index contributed by atoms with van der Waals surface area (Å²) in [6, 6.07) is 5.32. The minimum Gasteiger partial charge on any atom is -0.329 e. The van der Waals surface area contributed by atoms with Gasteiger partial charge in [0.25, 0.3) is 5.91 Å². The van der Waals surface area contributed by atoms with E-state index < -0.39 is 0 Å². The van der Waals surface area contributed by atoms with Crippen LogP contribution < -0.4 is 5.32 Å². The Balaban J connectivity index is 1.86. The normalized spacial score (nSPS) is 10.6. The van der Waals surface area contributed by atoms with Crippen LogP contribution in [0.4, 0.5) is 5.69 Å². The lowest BCUT2D eigenvalue weighted by molar-refractivity contribution is 0.102. The number of amides is 1. The first-order valence-electron chi connectivity index (χ1n) is 7.07. The van der Waals surface area contributed by atoms with Crippen LogP contribution in [-0.2, 0) is 7.05 Å². The highest BCUT2D eigenvalue weighted by molar-refractivity contribution is 7.99. The molecule has 0 saturated carbocycles. The van der Waals surface area contributed by atoms with E-state index in [1.165, 1.54) is 18.0 Å². The minimum absolute atomic E-state index is 0.244. The van der Waals surface area contributed by atoms with Crippen molar-refractivity contribution in [1.29, 1.82) is 0 Å². The quantitative estimate of drug-likeness (QED) is 0.770. The first-order valence-corrected chi connectivity index (χ1v) is 8.27. The number of nitrogens with zero attached hydrogens (tertiary/aromatic N) is 4. The molecule has 2 heterocycles. The van der Waals surface area contributed by atoms with Gasteiger partial charge in [-0.15, -0.1) is 0 Å². The smallest absolute Gasteiger partial charge is 0.275 e. The third-order valence-electron chi connectivity index (χ3n) is 3.18. The van der Waals surface area contributed by atoms with E-state index in [9.17, 15) is 4.79 Å². The molecule has 24 heavy (non-hydrogen) atoms. The highest BCUT2D eigenvalue weighted by Gasteiger charge is 2.13. The molecule has 0 atom stereocenters. The maximum atomic E-state index is 12.4. The van der Waals surface area contributed by atoms with Crippen LogP contribution in [-0.4, -0.2) is 25.4 Å². The molecule has 3 aromatic rings. The van der Waals surface area contributed by atoms with Crippen molar-refractivity contribution in [2.75, 3.05) is 5.32 Å². The van der Waals surface area contributed by atoms with Gasteiger partial charge >= 0.3 is 0 Å². The van der Waals surface area contributed by atoms with Gasteiger partial charge in [-0.25, -0.2) is 9.97 Å². The fourth-order valence-corrected chi connectivity index (χ4v) is 2.98. The number of aromatic nitrogens is 4. The summed E-state index contributed by atoms with van der Waals surface area (Å²) in [6.45, 7) is 1.81. The molecule has 0 spiro atoms. The molecule has 1 amide bonds. The second kappa shape index (κ2) is 7.02. The number of carbonyl (C=O) groups is 1. The average molecular weight is 360 g/mol.